The molecule has 0 bridgehead atoms. The highest BCUT2D eigenvalue weighted by Crippen LogP contribution is 2.25. The molecule has 5 nitrogen and oxygen atoms in total. The number of hydrogen-bond acceptors (Lipinski definition) is 5. The number of nitrogens with zero attached hydrogens (tertiary/aromatic N) is 1. The maximum Gasteiger partial charge on any atom is 0.284 e. The van der Waals surface area contributed by atoms with Gasteiger partial charge in [-0.15, -0.1) is 0 Å². The Balaban J connectivity index is 3.38. The normalized spacial score (nSPS) is 13.7. The van der Waals surface area contributed by atoms with E-state index in [2.05, 4.69) is 9.72 Å². The monoisotopic (exact) mass is 284 g/mol. The van der Waals surface area contributed by atoms with Crippen LogP contribution in [0.15, 0.2) is 17.2 Å². The number of halogens is 3. The van der Waals surface area contributed by atoms with Gasteiger partial charge in [-0.05, 0) is 6.07 Å². The van der Waals surface area contributed by atoms with Crippen molar-refractivity contribution in [3.05, 3.63) is 17.7 Å². The second-order valence-corrected chi connectivity index (χ2v) is 5.18. The average molecular weight is 284 g/mol. The first-order valence-corrected chi connectivity index (χ1v) is 6.29. The summed E-state index contributed by atoms with van der Waals surface area (Å²) in [4.78, 5) is 3.47. The van der Waals surface area contributed by atoms with Crippen molar-refractivity contribution in [2.45, 2.75) is 23.5 Å². The number of hydrogen-bond donors (Lipinski definition) is 1. The summed E-state index contributed by atoms with van der Waals surface area (Å²) in [6.45, 7) is -0.276. The highest BCUT2D eigenvalue weighted by atomic mass is 32.2. The summed E-state index contributed by atoms with van der Waals surface area (Å²) in [7, 11) is -3.69. The van der Waals surface area contributed by atoms with Crippen LogP contribution in [0.25, 0.3) is 0 Å². The lowest BCUT2D eigenvalue weighted by molar-refractivity contribution is 0.0900. The maximum atomic E-state index is 13.1. The summed E-state index contributed by atoms with van der Waals surface area (Å²) in [5.41, 5.74) is 1.86. The van der Waals surface area contributed by atoms with Crippen LogP contribution in [-0.4, -0.2) is 32.4 Å². The van der Waals surface area contributed by atoms with Gasteiger partial charge in [0, 0.05) is 18.2 Å². The van der Waals surface area contributed by atoms with E-state index in [9.17, 15) is 21.6 Å². The van der Waals surface area contributed by atoms with E-state index in [0.29, 0.717) is 0 Å². The molecular formula is C9H11F3N2O3S. The Labute approximate surface area is 102 Å². The van der Waals surface area contributed by atoms with Gasteiger partial charge in [0.15, 0.2) is 5.03 Å². The van der Waals surface area contributed by atoms with Gasteiger partial charge in [0.1, 0.15) is 0 Å². The van der Waals surface area contributed by atoms with Gasteiger partial charge in [-0.25, -0.2) is 26.6 Å². The van der Waals surface area contributed by atoms with Crippen LogP contribution >= 0.6 is 0 Å². The van der Waals surface area contributed by atoms with Crippen molar-refractivity contribution < 1.29 is 26.3 Å². The molecule has 1 heterocycles. The molecule has 0 spiro atoms. The molecule has 1 rings (SSSR count). The molecule has 2 N–H and O–H groups in total. The Kier molecular flexibility index (Phi) is 4.52. The maximum absolute atomic E-state index is 13.1. The number of pyridine rings is 1. The third-order valence-corrected chi connectivity index (χ3v) is 3.80. The quantitative estimate of drug-likeness (QED) is 0.868. The molecule has 0 aliphatic rings. The Morgan fingerprint density at radius 2 is 2.00 bits per heavy atom. The second-order valence-electron chi connectivity index (χ2n) is 3.25. The molecule has 0 aromatic carbocycles. The van der Waals surface area contributed by atoms with Gasteiger partial charge in [0.25, 0.3) is 11.9 Å². The van der Waals surface area contributed by atoms with Gasteiger partial charge in [0.2, 0.25) is 15.7 Å². The predicted molar refractivity (Wildman–Crippen MR) is 56.8 cm³/mol. The highest BCUT2D eigenvalue weighted by molar-refractivity contribution is 7.91. The fraction of sp³-hybridized carbons (Fsp3) is 0.444. The summed E-state index contributed by atoms with van der Waals surface area (Å²) in [5, 5.41) is -0.822. The number of rotatable bonds is 5. The van der Waals surface area contributed by atoms with E-state index in [1.165, 1.54) is 19.2 Å². The molecule has 1 aromatic rings. The number of ether oxygens (including phenoxy) is 1. The molecule has 9 heteroatoms. The van der Waals surface area contributed by atoms with Crippen LogP contribution in [0.2, 0.25) is 0 Å². The molecule has 102 valence electrons. The van der Waals surface area contributed by atoms with Crippen molar-refractivity contribution in [1.82, 2.24) is 4.98 Å². The standard InChI is InChI=1S/C9H11F3N2O3S/c1-17-6-3-2-5(4-13)9(14-6)18(15,16)8(12)7(10)11/h2-3,7-8H,4,13H2,1H3. The molecule has 0 saturated heterocycles. The fourth-order valence-electron chi connectivity index (χ4n) is 1.21. The fourth-order valence-corrected chi connectivity index (χ4v) is 2.43. The van der Waals surface area contributed by atoms with E-state index in [1.807, 2.05) is 0 Å². The molecule has 0 aliphatic heterocycles. The third-order valence-electron chi connectivity index (χ3n) is 2.11. The molecule has 0 aliphatic carbocycles. The van der Waals surface area contributed by atoms with Gasteiger partial charge in [-0.1, -0.05) is 0 Å². The van der Waals surface area contributed by atoms with Crippen LogP contribution in [-0.2, 0) is 16.4 Å². The molecule has 1 unspecified atom stereocenters. The first-order valence-electron chi connectivity index (χ1n) is 4.74. The molecular weight excluding hydrogens is 273 g/mol. The summed E-state index contributed by atoms with van der Waals surface area (Å²) in [5.74, 6) is -0.132. The third kappa shape index (κ3) is 2.72. The Bertz CT molecular complexity index is 522. The highest BCUT2D eigenvalue weighted by Gasteiger charge is 2.38. The minimum Gasteiger partial charge on any atom is -0.481 e. The Hall–Kier alpha value is -1.35. The number of sulfone groups is 1. The SMILES string of the molecule is COc1ccc(CN)c(S(=O)(=O)C(F)C(F)F)n1. The van der Waals surface area contributed by atoms with Gasteiger partial charge < -0.3 is 10.5 Å². The number of aromatic nitrogens is 1. The van der Waals surface area contributed by atoms with E-state index in [0.717, 1.165) is 0 Å². The lowest BCUT2D eigenvalue weighted by Gasteiger charge is -2.12. The predicted octanol–water partition coefficient (Wildman–Crippen LogP) is 0.883. The Morgan fingerprint density at radius 3 is 2.44 bits per heavy atom. The van der Waals surface area contributed by atoms with Gasteiger partial charge in [-0.2, -0.15) is 0 Å². The van der Waals surface area contributed by atoms with Crippen LogP contribution in [0, 0.1) is 0 Å². The first kappa shape index (κ1) is 14.7. The van der Waals surface area contributed by atoms with E-state index in [-0.39, 0.29) is 18.0 Å². The summed E-state index contributed by atoms with van der Waals surface area (Å²) < 4.78 is 65.3. The van der Waals surface area contributed by atoms with Crippen LogP contribution < -0.4 is 10.5 Å². The summed E-state index contributed by atoms with van der Waals surface area (Å²) in [6, 6.07) is 2.54. The zero-order valence-corrected chi connectivity index (χ0v) is 10.1. The van der Waals surface area contributed by atoms with Crippen LogP contribution in [0.4, 0.5) is 13.2 Å². The van der Waals surface area contributed by atoms with Crippen molar-refractivity contribution >= 4 is 9.84 Å². The lowest BCUT2D eigenvalue weighted by Crippen LogP contribution is -2.26. The van der Waals surface area contributed by atoms with E-state index < -0.39 is 26.8 Å². The van der Waals surface area contributed by atoms with Gasteiger partial charge in [-0.3, -0.25) is 0 Å². The molecule has 0 amide bonds. The molecule has 18 heavy (non-hydrogen) atoms. The van der Waals surface area contributed by atoms with Crippen molar-refractivity contribution in [3.8, 4) is 5.88 Å². The zero-order valence-electron chi connectivity index (χ0n) is 9.31. The number of nitrogens with two attached hydrogens (primary N) is 1. The summed E-state index contributed by atoms with van der Waals surface area (Å²) >= 11 is 0. The molecule has 0 radical (unpaired) electrons. The topological polar surface area (TPSA) is 82.3 Å². The molecule has 0 fully saturated rings. The Morgan fingerprint density at radius 1 is 1.39 bits per heavy atom. The minimum absolute atomic E-state index is 0.0564. The summed E-state index contributed by atoms with van der Waals surface area (Å²) in [6.07, 6.45) is -3.66. The van der Waals surface area contributed by atoms with Gasteiger partial charge in [0.05, 0.1) is 7.11 Å². The first-order chi connectivity index (χ1) is 8.34. The molecule has 1 atom stereocenters. The lowest BCUT2D eigenvalue weighted by atomic mass is 10.3. The number of methoxy groups -OCH3 is 1. The van der Waals surface area contributed by atoms with Crippen LogP contribution in [0.5, 0.6) is 5.88 Å². The van der Waals surface area contributed by atoms with Crippen molar-refractivity contribution in [2.24, 2.45) is 5.73 Å². The van der Waals surface area contributed by atoms with Crippen molar-refractivity contribution in [1.29, 1.82) is 0 Å². The number of alkyl halides is 3. The second kappa shape index (κ2) is 5.53. The van der Waals surface area contributed by atoms with Crippen LogP contribution in [0.1, 0.15) is 5.56 Å². The van der Waals surface area contributed by atoms with Crippen LogP contribution in [0.3, 0.4) is 0 Å². The van der Waals surface area contributed by atoms with Crippen molar-refractivity contribution in [2.75, 3.05) is 7.11 Å². The van der Waals surface area contributed by atoms with E-state index >= 15 is 0 Å². The van der Waals surface area contributed by atoms with Gasteiger partial charge >= 0.3 is 0 Å². The largest absolute Gasteiger partial charge is 0.481 e. The molecule has 1 aromatic heterocycles. The zero-order chi connectivity index (χ0) is 13.9. The van der Waals surface area contributed by atoms with E-state index in [4.69, 9.17) is 5.73 Å². The smallest absolute Gasteiger partial charge is 0.284 e. The minimum atomic E-state index is -4.90. The van der Waals surface area contributed by atoms with Crippen molar-refractivity contribution in [3.63, 3.8) is 0 Å². The molecule has 0 saturated carbocycles. The average Bonchev–Trinajstić information content (AvgIpc) is 2.36. The van der Waals surface area contributed by atoms with E-state index in [1.54, 1.807) is 0 Å².